The first-order valence-electron chi connectivity index (χ1n) is 9.26. The Bertz CT molecular complexity index is 621. The van der Waals surface area contributed by atoms with Crippen molar-refractivity contribution in [2.45, 2.75) is 52.8 Å². The summed E-state index contributed by atoms with van der Waals surface area (Å²) in [5, 5.41) is 10.1. The van der Waals surface area contributed by atoms with Crippen molar-refractivity contribution < 1.29 is 9.50 Å². The standard InChI is InChI=1S/C21H31FN2O/c1-4-21(25)16-23(13-11-17(2)3)15-20-6-5-12-24(20)14-18-7-9-19(22)10-8-18/h5-10,12,17,21,25H,4,11,13-16H2,1-3H3. The van der Waals surface area contributed by atoms with Crippen LogP contribution in [0.25, 0.3) is 0 Å². The largest absolute Gasteiger partial charge is 0.392 e. The van der Waals surface area contributed by atoms with Gasteiger partial charge >= 0.3 is 0 Å². The maximum Gasteiger partial charge on any atom is 0.123 e. The molecule has 0 bridgehead atoms. The summed E-state index contributed by atoms with van der Waals surface area (Å²) in [5.41, 5.74) is 2.30. The molecule has 3 nitrogen and oxygen atoms in total. The van der Waals surface area contributed by atoms with Crippen LogP contribution in [0.1, 0.15) is 44.9 Å². The second kappa shape index (κ2) is 9.73. The molecular formula is C21H31FN2O. The first-order chi connectivity index (χ1) is 12.0. The van der Waals surface area contributed by atoms with Crippen LogP contribution in [0.5, 0.6) is 0 Å². The van der Waals surface area contributed by atoms with Crippen LogP contribution in [-0.4, -0.2) is 33.8 Å². The molecular weight excluding hydrogens is 315 g/mol. The molecule has 25 heavy (non-hydrogen) atoms. The Hall–Kier alpha value is -1.65. The molecule has 0 aliphatic heterocycles. The van der Waals surface area contributed by atoms with Gasteiger partial charge in [0.25, 0.3) is 0 Å². The van der Waals surface area contributed by atoms with Crippen LogP contribution >= 0.6 is 0 Å². The van der Waals surface area contributed by atoms with Crippen molar-refractivity contribution in [1.29, 1.82) is 0 Å². The van der Waals surface area contributed by atoms with E-state index in [4.69, 9.17) is 0 Å². The molecule has 0 spiro atoms. The highest BCUT2D eigenvalue weighted by atomic mass is 19.1. The van der Waals surface area contributed by atoms with Crippen molar-refractivity contribution in [1.82, 2.24) is 9.47 Å². The molecule has 0 radical (unpaired) electrons. The normalized spacial score (nSPS) is 12.9. The summed E-state index contributed by atoms with van der Waals surface area (Å²) in [6.07, 6.45) is 3.67. The Morgan fingerprint density at radius 2 is 1.88 bits per heavy atom. The predicted octanol–water partition coefficient (Wildman–Crippen LogP) is 4.29. The molecule has 2 aromatic rings. The van der Waals surface area contributed by atoms with Crippen molar-refractivity contribution in [3.63, 3.8) is 0 Å². The summed E-state index contributed by atoms with van der Waals surface area (Å²) in [5.74, 6) is 0.442. The molecule has 1 aromatic heterocycles. The molecule has 0 fully saturated rings. The molecule has 2 rings (SSSR count). The Kier molecular flexibility index (Phi) is 7.66. The Morgan fingerprint density at radius 1 is 1.16 bits per heavy atom. The second-order valence-electron chi connectivity index (χ2n) is 7.23. The molecule has 1 unspecified atom stereocenters. The smallest absolute Gasteiger partial charge is 0.123 e. The van der Waals surface area contributed by atoms with Gasteiger partial charge in [0.05, 0.1) is 6.10 Å². The fourth-order valence-electron chi connectivity index (χ4n) is 2.87. The van der Waals surface area contributed by atoms with Gasteiger partial charge in [-0.05, 0) is 55.1 Å². The number of rotatable bonds is 10. The van der Waals surface area contributed by atoms with E-state index in [-0.39, 0.29) is 11.9 Å². The Morgan fingerprint density at radius 3 is 2.52 bits per heavy atom. The molecule has 1 aromatic carbocycles. The van der Waals surface area contributed by atoms with Crippen molar-refractivity contribution in [2.24, 2.45) is 5.92 Å². The molecule has 4 heteroatoms. The number of benzene rings is 1. The van der Waals surface area contributed by atoms with E-state index < -0.39 is 0 Å². The van der Waals surface area contributed by atoms with Gasteiger partial charge in [-0.25, -0.2) is 4.39 Å². The fourth-order valence-corrected chi connectivity index (χ4v) is 2.87. The van der Waals surface area contributed by atoms with Crippen molar-refractivity contribution >= 4 is 0 Å². The Labute approximate surface area is 151 Å². The molecule has 0 saturated heterocycles. The van der Waals surface area contributed by atoms with Gasteiger partial charge in [-0.1, -0.05) is 32.9 Å². The van der Waals surface area contributed by atoms with Gasteiger partial charge in [0, 0.05) is 31.5 Å². The number of aliphatic hydroxyl groups is 1. The van der Waals surface area contributed by atoms with E-state index in [2.05, 4.69) is 41.6 Å². The van der Waals surface area contributed by atoms with E-state index in [1.165, 1.54) is 17.8 Å². The van der Waals surface area contributed by atoms with Crippen LogP contribution in [0.15, 0.2) is 42.6 Å². The first-order valence-corrected chi connectivity index (χ1v) is 9.26. The third-order valence-electron chi connectivity index (χ3n) is 4.54. The average Bonchev–Trinajstić information content (AvgIpc) is 3.01. The molecule has 0 amide bonds. The minimum absolute atomic E-state index is 0.204. The van der Waals surface area contributed by atoms with E-state index in [1.807, 2.05) is 19.1 Å². The zero-order chi connectivity index (χ0) is 18.2. The van der Waals surface area contributed by atoms with E-state index in [1.54, 1.807) is 0 Å². The monoisotopic (exact) mass is 346 g/mol. The van der Waals surface area contributed by atoms with E-state index in [0.717, 1.165) is 38.0 Å². The van der Waals surface area contributed by atoms with Crippen LogP contribution in [0, 0.1) is 11.7 Å². The van der Waals surface area contributed by atoms with Gasteiger partial charge in [0.2, 0.25) is 0 Å². The van der Waals surface area contributed by atoms with Crippen molar-refractivity contribution in [3.8, 4) is 0 Å². The SMILES string of the molecule is CCC(O)CN(CCC(C)C)Cc1cccn1Cc1ccc(F)cc1. The number of aliphatic hydroxyl groups excluding tert-OH is 1. The van der Waals surface area contributed by atoms with E-state index in [0.29, 0.717) is 12.5 Å². The fraction of sp³-hybridized carbons (Fsp3) is 0.524. The third-order valence-corrected chi connectivity index (χ3v) is 4.54. The van der Waals surface area contributed by atoms with Gasteiger partial charge in [0.15, 0.2) is 0 Å². The van der Waals surface area contributed by atoms with Crippen molar-refractivity contribution in [3.05, 3.63) is 59.7 Å². The van der Waals surface area contributed by atoms with Gasteiger partial charge in [-0.2, -0.15) is 0 Å². The summed E-state index contributed by atoms with van der Waals surface area (Å²) in [6.45, 7) is 9.70. The highest BCUT2D eigenvalue weighted by Crippen LogP contribution is 2.13. The van der Waals surface area contributed by atoms with Crippen molar-refractivity contribution in [2.75, 3.05) is 13.1 Å². The van der Waals surface area contributed by atoms with Crippen LogP contribution in [-0.2, 0) is 13.1 Å². The number of hydrogen-bond acceptors (Lipinski definition) is 2. The summed E-state index contributed by atoms with van der Waals surface area (Å²) in [7, 11) is 0. The quantitative estimate of drug-likeness (QED) is 0.695. The minimum Gasteiger partial charge on any atom is -0.392 e. The summed E-state index contributed by atoms with van der Waals surface area (Å²) >= 11 is 0. The molecule has 1 atom stereocenters. The zero-order valence-electron chi connectivity index (χ0n) is 15.7. The lowest BCUT2D eigenvalue weighted by Crippen LogP contribution is -2.33. The molecule has 0 saturated carbocycles. The average molecular weight is 346 g/mol. The number of aromatic nitrogens is 1. The molecule has 1 heterocycles. The third kappa shape index (κ3) is 6.63. The summed E-state index contributed by atoms with van der Waals surface area (Å²) < 4.78 is 15.3. The highest BCUT2D eigenvalue weighted by molar-refractivity contribution is 5.18. The number of nitrogens with zero attached hydrogens (tertiary/aromatic N) is 2. The number of hydrogen-bond donors (Lipinski definition) is 1. The molecule has 138 valence electrons. The topological polar surface area (TPSA) is 28.4 Å². The first kappa shape index (κ1) is 19.7. The summed E-state index contributed by atoms with van der Waals surface area (Å²) in [6, 6.07) is 10.9. The highest BCUT2D eigenvalue weighted by Gasteiger charge is 2.13. The minimum atomic E-state index is -0.285. The van der Waals surface area contributed by atoms with Crippen LogP contribution in [0.4, 0.5) is 4.39 Å². The lowest BCUT2D eigenvalue weighted by molar-refractivity contribution is 0.101. The summed E-state index contributed by atoms with van der Waals surface area (Å²) in [4.78, 5) is 2.34. The van der Waals surface area contributed by atoms with Crippen LogP contribution in [0.3, 0.4) is 0 Å². The lowest BCUT2D eigenvalue weighted by Gasteiger charge is -2.26. The van der Waals surface area contributed by atoms with Crippen LogP contribution in [0.2, 0.25) is 0 Å². The maximum absolute atomic E-state index is 13.1. The zero-order valence-corrected chi connectivity index (χ0v) is 15.7. The molecule has 1 N–H and O–H groups in total. The molecule has 0 aliphatic carbocycles. The van der Waals surface area contributed by atoms with E-state index >= 15 is 0 Å². The van der Waals surface area contributed by atoms with Crippen LogP contribution < -0.4 is 0 Å². The van der Waals surface area contributed by atoms with E-state index in [9.17, 15) is 9.50 Å². The predicted molar refractivity (Wildman–Crippen MR) is 101 cm³/mol. The number of halogens is 1. The second-order valence-corrected chi connectivity index (χ2v) is 7.23. The maximum atomic E-state index is 13.1. The van der Waals surface area contributed by atoms with Gasteiger partial charge in [0.1, 0.15) is 5.82 Å². The Balaban J connectivity index is 2.05. The molecule has 0 aliphatic rings. The van der Waals surface area contributed by atoms with Gasteiger partial charge in [-0.15, -0.1) is 0 Å². The lowest BCUT2D eigenvalue weighted by atomic mass is 10.1. The van der Waals surface area contributed by atoms with Gasteiger partial charge in [-0.3, -0.25) is 4.90 Å². The van der Waals surface area contributed by atoms with Gasteiger partial charge < -0.3 is 9.67 Å².